The maximum Gasteiger partial charge on any atom is 0.339 e. The molecule has 2 atom stereocenters. The van der Waals surface area contributed by atoms with Crippen molar-refractivity contribution in [3.8, 4) is 0 Å². The fraction of sp³-hybridized carbons (Fsp3) is 0.714. The molecule has 0 fully saturated rings. The fourth-order valence-corrected chi connectivity index (χ4v) is 4.19. The van der Waals surface area contributed by atoms with Gasteiger partial charge >= 0.3 is 11.9 Å². The van der Waals surface area contributed by atoms with Crippen molar-refractivity contribution in [3.63, 3.8) is 0 Å². The zero-order valence-corrected chi connectivity index (χ0v) is 21.0. The van der Waals surface area contributed by atoms with Gasteiger partial charge in [-0.3, -0.25) is 0 Å². The first-order valence-electron chi connectivity index (χ1n) is 13.0. The van der Waals surface area contributed by atoms with E-state index in [1.54, 1.807) is 24.3 Å². The molecule has 0 saturated heterocycles. The third-order valence-corrected chi connectivity index (χ3v) is 6.09. The normalized spacial score (nSPS) is 12.9. The van der Waals surface area contributed by atoms with E-state index in [1.807, 2.05) is 0 Å². The van der Waals surface area contributed by atoms with Gasteiger partial charge < -0.3 is 9.47 Å². The Morgan fingerprint density at radius 1 is 0.625 bits per heavy atom. The highest BCUT2D eigenvalue weighted by molar-refractivity contribution is 6.03. The van der Waals surface area contributed by atoms with Crippen LogP contribution >= 0.6 is 0 Å². The number of rotatable bonds is 18. The second-order valence-corrected chi connectivity index (χ2v) is 9.04. The summed E-state index contributed by atoms with van der Waals surface area (Å²) in [5, 5.41) is 0. The fourth-order valence-electron chi connectivity index (χ4n) is 4.19. The van der Waals surface area contributed by atoms with Crippen LogP contribution in [0.1, 0.15) is 125 Å². The van der Waals surface area contributed by atoms with Crippen molar-refractivity contribution in [2.24, 2.45) is 11.8 Å². The average Bonchev–Trinajstić information content (AvgIpc) is 2.80. The first-order chi connectivity index (χ1) is 15.6. The summed E-state index contributed by atoms with van der Waals surface area (Å²) in [5.41, 5.74) is 0.610. The van der Waals surface area contributed by atoms with E-state index < -0.39 is 11.9 Å². The van der Waals surface area contributed by atoms with Crippen molar-refractivity contribution in [2.75, 3.05) is 13.2 Å². The van der Waals surface area contributed by atoms with Crippen LogP contribution in [0.4, 0.5) is 0 Å². The molecule has 0 unspecified atom stereocenters. The summed E-state index contributed by atoms with van der Waals surface area (Å²) in [6, 6.07) is 6.86. The molecule has 0 heterocycles. The minimum atomic E-state index is -0.429. The largest absolute Gasteiger partial charge is 0.462 e. The first kappa shape index (κ1) is 28.2. The number of unbranched alkanes of at least 4 members (excludes halogenated alkanes) is 4. The van der Waals surface area contributed by atoms with E-state index in [-0.39, 0.29) is 0 Å². The van der Waals surface area contributed by atoms with Crippen molar-refractivity contribution in [1.82, 2.24) is 0 Å². The molecule has 0 bridgehead atoms. The summed E-state index contributed by atoms with van der Waals surface area (Å²) in [6.07, 6.45) is 13.5. The lowest BCUT2D eigenvalue weighted by Crippen LogP contribution is -2.19. The van der Waals surface area contributed by atoms with Crippen LogP contribution in [0.25, 0.3) is 0 Å². The number of benzene rings is 1. The molecule has 0 saturated carbocycles. The summed E-state index contributed by atoms with van der Waals surface area (Å²) in [7, 11) is 0. The van der Waals surface area contributed by atoms with Crippen LogP contribution in [0, 0.1) is 11.8 Å². The molecule has 4 heteroatoms. The van der Waals surface area contributed by atoms with E-state index in [1.165, 1.54) is 38.5 Å². The molecule has 1 aromatic carbocycles. The molecule has 0 aliphatic rings. The maximum atomic E-state index is 12.8. The van der Waals surface area contributed by atoms with Crippen molar-refractivity contribution in [2.45, 2.75) is 105 Å². The second-order valence-electron chi connectivity index (χ2n) is 9.04. The second kappa shape index (κ2) is 17.7. The number of carbonyl (C=O) groups excluding carboxylic acids is 2. The molecule has 182 valence electrons. The van der Waals surface area contributed by atoms with Crippen LogP contribution in [0.5, 0.6) is 0 Å². The van der Waals surface area contributed by atoms with Gasteiger partial charge in [0, 0.05) is 0 Å². The topological polar surface area (TPSA) is 52.6 Å². The molecular weight excluding hydrogens is 400 g/mol. The predicted octanol–water partition coefficient (Wildman–Crippen LogP) is 7.99. The Kier molecular flexibility index (Phi) is 15.6. The smallest absolute Gasteiger partial charge is 0.339 e. The van der Waals surface area contributed by atoms with Gasteiger partial charge in [0.1, 0.15) is 0 Å². The Bertz CT molecular complexity index is 585. The zero-order chi connectivity index (χ0) is 23.6. The number of hydrogen-bond acceptors (Lipinski definition) is 4. The molecule has 0 aliphatic carbocycles. The van der Waals surface area contributed by atoms with E-state index in [2.05, 4.69) is 27.7 Å². The maximum absolute atomic E-state index is 12.8. The molecule has 0 amide bonds. The Morgan fingerprint density at radius 3 is 1.38 bits per heavy atom. The Morgan fingerprint density at radius 2 is 1.03 bits per heavy atom. The summed E-state index contributed by atoms with van der Waals surface area (Å²) in [4.78, 5) is 25.6. The predicted molar refractivity (Wildman–Crippen MR) is 132 cm³/mol. The lowest BCUT2D eigenvalue weighted by Gasteiger charge is -2.18. The molecule has 1 rings (SSSR count). The van der Waals surface area contributed by atoms with Crippen LogP contribution in [-0.4, -0.2) is 25.2 Å². The van der Waals surface area contributed by atoms with Crippen molar-refractivity contribution >= 4 is 11.9 Å². The first-order valence-corrected chi connectivity index (χ1v) is 13.0. The van der Waals surface area contributed by atoms with Crippen LogP contribution in [0.15, 0.2) is 24.3 Å². The van der Waals surface area contributed by atoms with Crippen LogP contribution in [0.3, 0.4) is 0 Å². The van der Waals surface area contributed by atoms with Gasteiger partial charge in [0.15, 0.2) is 0 Å². The van der Waals surface area contributed by atoms with Crippen LogP contribution < -0.4 is 0 Å². The SMILES string of the molecule is CCCCC[C@@H](CCC)COC(=O)c1ccccc1C(=O)OC[C@@H](CCC)CCCCC. The molecule has 1 aromatic rings. The minimum Gasteiger partial charge on any atom is -0.462 e. The zero-order valence-electron chi connectivity index (χ0n) is 21.0. The molecule has 0 radical (unpaired) electrons. The molecule has 0 aliphatic heterocycles. The number of esters is 2. The Labute approximate surface area is 196 Å². The van der Waals surface area contributed by atoms with Crippen molar-refractivity contribution in [1.29, 1.82) is 0 Å². The Balaban J connectivity index is 2.70. The summed E-state index contributed by atoms with van der Waals surface area (Å²) >= 11 is 0. The molecule has 32 heavy (non-hydrogen) atoms. The van der Waals surface area contributed by atoms with Gasteiger partial charge in [0.2, 0.25) is 0 Å². The van der Waals surface area contributed by atoms with E-state index in [0.29, 0.717) is 36.2 Å². The highest BCUT2D eigenvalue weighted by Gasteiger charge is 2.21. The van der Waals surface area contributed by atoms with Gasteiger partial charge in [-0.15, -0.1) is 0 Å². The summed E-state index contributed by atoms with van der Waals surface area (Å²) in [6.45, 7) is 9.54. The Hall–Kier alpha value is -1.84. The van der Waals surface area contributed by atoms with Crippen molar-refractivity contribution < 1.29 is 19.1 Å². The van der Waals surface area contributed by atoms with E-state index >= 15 is 0 Å². The van der Waals surface area contributed by atoms with Gasteiger partial charge in [-0.25, -0.2) is 9.59 Å². The lowest BCUT2D eigenvalue weighted by molar-refractivity contribution is 0.0377. The third kappa shape index (κ3) is 11.2. The van der Waals surface area contributed by atoms with Gasteiger partial charge in [-0.05, 0) is 49.7 Å². The summed E-state index contributed by atoms with van der Waals surface area (Å²) < 4.78 is 11.3. The molecule has 0 spiro atoms. The summed E-state index contributed by atoms with van der Waals surface area (Å²) in [5.74, 6) is -0.0931. The quantitative estimate of drug-likeness (QED) is 0.169. The standard InChI is InChI=1S/C28H46O4/c1-5-9-11-17-23(15-7-3)21-31-27(29)25-19-13-14-20-26(25)28(30)32-22-24(16-8-4)18-12-10-6-2/h13-14,19-20,23-24H,5-12,15-18,21-22H2,1-4H3/t23-,24+. The minimum absolute atomic E-state index is 0.305. The van der Waals surface area contributed by atoms with Gasteiger partial charge in [0.25, 0.3) is 0 Å². The van der Waals surface area contributed by atoms with Crippen molar-refractivity contribution in [3.05, 3.63) is 35.4 Å². The number of carbonyl (C=O) groups is 2. The monoisotopic (exact) mass is 446 g/mol. The van der Waals surface area contributed by atoms with Crippen LogP contribution in [0.2, 0.25) is 0 Å². The highest BCUT2D eigenvalue weighted by atomic mass is 16.5. The number of ether oxygens (including phenoxy) is 2. The average molecular weight is 447 g/mol. The molecule has 0 aromatic heterocycles. The third-order valence-electron chi connectivity index (χ3n) is 6.09. The number of hydrogen-bond donors (Lipinski definition) is 0. The lowest BCUT2D eigenvalue weighted by atomic mass is 9.97. The molecule has 0 N–H and O–H groups in total. The molecule has 4 nitrogen and oxygen atoms in total. The van der Waals surface area contributed by atoms with Gasteiger partial charge in [-0.2, -0.15) is 0 Å². The highest BCUT2D eigenvalue weighted by Crippen LogP contribution is 2.20. The molecular formula is C28H46O4. The van der Waals surface area contributed by atoms with E-state index in [4.69, 9.17) is 9.47 Å². The van der Waals surface area contributed by atoms with E-state index in [0.717, 1.165) is 38.5 Å². The van der Waals surface area contributed by atoms with Crippen LogP contribution in [-0.2, 0) is 9.47 Å². The van der Waals surface area contributed by atoms with Gasteiger partial charge in [0.05, 0.1) is 24.3 Å². The van der Waals surface area contributed by atoms with E-state index in [9.17, 15) is 9.59 Å². The van der Waals surface area contributed by atoms with Gasteiger partial charge in [-0.1, -0.05) is 91.2 Å².